The van der Waals surface area contributed by atoms with Crippen molar-refractivity contribution in [2.45, 2.75) is 33.1 Å². The van der Waals surface area contributed by atoms with Crippen LogP contribution in [0, 0.1) is 12.8 Å². The van der Waals surface area contributed by atoms with Crippen molar-refractivity contribution in [1.82, 2.24) is 9.88 Å². The quantitative estimate of drug-likeness (QED) is 0.917. The van der Waals surface area contributed by atoms with Gasteiger partial charge in [-0.05, 0) is 37.5 Å². The molecule has 1 saturated heterocycles. The Morgan fingerprint density at radius 1 is 1.50 bits per heavy atom. The maximum Gasteiger partial charge on any atom is 0.230 e. The molecule has 1 atom stereocenters. The number of nitrogens with zero attached hydrogens (tertiary/aromatic N) is 2. The number of piperidine rings is 1. The van der Waals surface area contributed by atoms with Crippen LogP contribution in [-0.2, 0) is 9.59 Å². The Labute approximate surface area is 119 Å². The molecular formula is C15H21N3O2. The van der Waals surface area contributed by atoms with Crippen molar-refractivity contribution in [3.8, 4) is 0 Å². The highest BCUT2D eigenvalue weighted by atomic mass is 16.2. The molecule has 20 heavy (non-hydrogen) atoms. The van der Waals surface area contributed by atoms with E-state index in [1.54, 1.807) is 11.1 Å². The minimum Gasteiger partial charge on any atom is -0.342 e. The van der Waals surface area contributed by atoms with Crippen molar-refractivity contribution in [2.24, 2.45) is 5.92 Å². The van der Waals surface area contributed by atoms with Crippen LogP contribution in [0.2, 0.25) is 0 Å². The van der Waals surface area contributed by atoms with Crippen molar-refractivity contribution in [1.29, 1.82) is 0 Å². The van der Waals surface area contributed by atoms with Gasteiger partial charge in [-0.1, -0.05) is 6.92 Å². The van der Waals surface area contributed by atoms with Crippen molar-refractivity contribution >= 4 is 17.6 Å². The molecule has 2 rings (SSSR count). The van der Waals surface area contributed by atoms with E-state index in [0.717, 1.165) is 24.9 Å². The number of hydrogen-bond donors (Lipinski definition) is 1. The zero-order chi connectivity index (χ0) is 14.5. The van der Waals surface area contributed by atoms with Crippen LogP contribution in [0.25, 0.3) is 0 Å². The Kier molecular flexibility index (Phi) is 4.71. The Morgan fingerprint density at radius 2 is 2.30 bits per heavy atom. The van der Waals surface area contributed by atoms with Crippen molar-refractivity contribution < 1.29 is 9.59 Å². The Morgan fingerprint density at radius 3 is 3.00 bits per heavy atom. The summed E-state index contributed by atoms with van der Waals surface area (Å²) < 4.78 is 0. The summed E-state index contributed by atoms with van der Waals surface area (Å²) in [6, 6.07) is 3.73. The Hall–Kier alpha value is -1.91. The van der Waals surface area contributed by atoms with E-state index in [9.17, 15) is 9.59 Å². The third-order valence-electron chi connectivity index (χ3n) is 3.61. The van der Waals surface area contributed by atoms with Crippen LogP contribution in [0.5, 0.6) is 0 Å². The smallest absolute Gasteiger partial charge is 0.230 e. The molecule has 1 aliphatic rings. The van der Waals surface area contributed by atoms with Gasteiger partial charge in [0, 0.05) is 25.7 Å². The number of amides is 2. The molecule has 1 aliphatic heterocycles. The Balaban J connectivity index is 1.97. The Bertz CT molecular complexity index is 502. The average molecular weight is 275 g/mol. The lowest BCUT2D eigenvalue weighted by Gasteiger charge is -2.31. The summed E-state index contributed by atoms with van der Waals surface area (Å²) in [5.41, 5.74) is 1.06. The lowest BCUT2D eigenvalue weighted by atomic mass is 9.97. The molecule has 2 amide bonds. The largest absolute Gasteiger partial charge is 0.342 e. The molecule has 1 N–H and O–H groups in total. The lowest BCUT2D eigenvalue weighted by molar-refractivity contribution is -0.134. The third-order valence-corrected chi connectivity index (χ3v) is 3.61. The van der Waals surface area contributed by atoms with E-state index in [2.05, 4.69) is 10.3 Å². The van der Waals surface area contributed by atoms with Crippen LogP contribution in [0.1, 0.15) is 31.7 Å². The number of carbonyl (C=O) groups is 2. The average Bonchev–Trinajstić information content (AvgIpc) is 2.46. The topological polar surface area (TPSA) is 62.3 Å². The van der Waals surface area contributed by atoms with Crippen LogP contribution in [0.4, 0.5) is 5.82 Å². The number of likely N-dealkylation sites (tertiary alicyclic amines) is 1. The van der Waals surface area contributed by atoms with Crippen LogP contribution < -0.4 is 5.32 Å². The molecule has 0 bridgehead atoms. The second-order valence-corrected chi connectivity index (χ2v) is 5.24. The van der Waals surface area contributed by atoms with Crippen molar-refractivity contribution in [2.75, 3.05) is 18.4 Å². The van der Waals surface area contributed by atoms with Gasteiger partial charge in [-0.3, -0.25) is 9.59 Å². The maximum atomic E-state index is 12.2. The highest BCUT2D eigenvalue weighted by Crippen LogP contribution is 2.19. The molecular weight excluding hydrogens is 254 g/mol. The van der Waals surface area contributed by atoms with Gasteiger partial charge in [-0.2, -0.15) is 0 Å². The molecule has 1 unspecified atom stereocenters. The standard InChI is InChI=1S/C15H21N3O2/c1-3-14(19)18-8-4-5-12(10-18)15(20)17-13-9-11(2)6-7-16-13/h6-7,9,12H,3-5,8,10H2,1-2H3,(H,16,17,20). The molecule has 1 fully saturated rings. The second kappa shape index (κ2) is 6.50. The van der Waals surface area contributed by atoms with Gasteiger partial charge in [0.25, 0.3) is 0 Å². The molecule has 5 heteroatoms. The van der Waals surface area contributed by atoms with Gasteiger partial charge < -0.3 is 10.2 Å². The number of hydrogen-bond acceptors (Lipinski definition) is 3. The van der Waals surface area contributed by atoms with Gasteiger partial charge in [-0.15, -0.1) is 0 Å². The first-order valence-corrected chi connectivity index (χ1v) is 7.11. The number of aromatic nitrogens is 1. The summed E-state index contributed by atoms with van der Waals surface area (Å²) >= 11 is 0. The second-order valence-electron chi connectivity index (χ2n) is 5.24. The first-order valence-electron chi connectivity index (χ1n) is 7.11. The molecule has 0 radical (unpaired) electrons. The summed E-state index contributed by atoms with van der Waals surface area (Å²) in [6.07, 6.45) is 3.88. The van der Waals surface area contributed by atoms with Gasteiger partial charge in [0.1, 0.15) is 5.82 Å². The fraction of sp³-hybridized carbons (Fsp3) is 0.533. The number of pyridine rings is 1. The SMILES string of the molecule is CCC(=O)N1CCCC(C(=O)Nc2cc(C)ccn2)C1. The van der Waals surface area contributed by atoms with Gasteiger partial charge in [0.2, 0.25) is 11.8 Å². The number of nitrogens with one attached hydrogen (secondary N) is 1. The normalized spacial score (nSPS) is 18.7. The molecule has 0 aromatic carbocycles. The van der Waals surface area contributed by atoms with Crippen molar-refractivity contribution in [3.05, 3.63) is 23.9 Å². The number of aryl methyl sites for hydroxylation is 1. The lowest BCUT2D eigenvalue weighted by Crippen LogP contribution is -2.43. The fourth-order valence-corrected chi connectivity index (χ4v) is 2.47. The molecule has 5 nitrogen and oxygen atoms in total. The van der Waals surface area contributed by atoms with Gasteiger partial charge in [-0.25, -0.2) is 4.98 Å². The molecule has 0 saturated carbocycles. The molecule has 1 aromatic heterocycles. The summed E-state index contributed by atoms with van der Waals surface area (Å²) in [5.74, 6) is 0.517. The first kappa shape index (κ1) is 14.5. The van der Waals surface area contributed by atoms with Crippen LogP contribution in [-0.4, -0.2) is 34.8 Å². The van der Waals surface area contributed by atoms with Gasteiger partial charge in [0.05, 0.1) is 5.92 Å². The van der Waals surface area contributed by atoms with E-state index < -0.39 is 0 Å². The molecule has 0 aliphatic carbocycles. The van der Waals surface area contributed by atoms with E-state index in [-0.39, 0.29) is 17.7 Å². The van der Waals surface area contributed by atoms with E-state index in [1.165, 1.54) is 0 Å². The summed E-state index contributed by atoms with van der Waals surface area (Å²) in [7, 11) is 0. The maximum absolute atomic E-state index is 12.2. The highest BCUT2D eigenvalue weighted by Gasteiger charge is 2.27. The fourth-order valence-electron chi connectivity index (χ4n) is 2.47. The van der Waals surface area contributed by atoms with E-state index in [4.69, 9.17) is 0 Å². The molecule has 1 aromatic rings. The van der Waals surface area contributed by atoms with Crippen LogP contribution in [0.3, 0.4) is 0 Å². The minimum atomic E-state index is -0.137. The molecule has 2 heterocycles. The zero-order valence-electron chi connectivity index (χ0n) is 12.1. The third kappa shape index (κ3) is 3.56. The molecule has 0 spiro atoms. The highest BCUT2D eigenvalue weighted by molar-refractivity contribution is 5.92. The predicted octanol–water partition coefficient (Wildman–Crippen LogP) is 1.98. The monoisotopic (exact) mass is 275 g/mol. The first-order chi connectivity index (χ1) is 9.60. The van der Waals surface area contributed by atoms with Crippen LogP contribution in [0.15, 0.2) is 18.3 Å². The minimum absolute atomic E-state index is 0.0447. The van der Waals surface area contributed by atoms with Gasteiger partial charge >= 0.3 is 0 Å². The van der Waals surface area contributed by atoms with Crippen molar-refractivity contribution in [3.63, 3.8) is 0 Å². The number of anilines is 1. The van der Waals surface area contributed by atoms with Crippen LogP contribution >= 0.6 is 0 Å². The summed E-state index contributed by atoms with van der Waals surface area (Å²) in [4.78, 5) is 29.9. The number of carbonyl (C=O) groups excluding carboxylic acids is 2. The number of rotatable bonds is 3. The van der Waals surface area contributed by atoms with E-state index in [0.29, 0.717) is 18.8 Å². The van der Waals surface area contributed by atoms with E-state index in [1.807, 2.05) is 26.0 Å². The van der Waals surface area contributed by atoms with E-state index >= 15 is 0 Å². The predicted molar refractivity (Wildman–Crippen MR) is 77.2 cm³/mol. The molecule has 108 valence electrons. The van der Waals surface area contributed by atoms with Gasteiger partial charge in [0.15, 0.2) is 0 Å². The summed E-state index contributed by atoms with van der Waals surface area (Å²) in [5, 5.41) is 2.84. The zero-order valence-corrected chi connectivity index (χ0v) is 12.1. The summed E-state index contributed by atoms with van der Waals surface area (Å²) in [6.45, 7) is 5.09.